The van der Waals surface area contributed by atoms with Crippen molar-refractivity contribution in [3.05, 3.63) is 24.0 Å². The summed E-state index contributed by atoms with van der Waals surface area (Å²) < 4.78 is 59.2. The van der Waals surface area contributed by atoms with Gasteiger partial charge in [0.2, 0.25) is 10.0 Å². The Labute approximate surface area is 130 Å². The van der Waals surface area contributed by atoms with Gasteiger partial charge in [0.25, 0.3) is 0 Å². The van der Waals surface area contributed by atoms with E-state index >= 15 is 0 Å². The zero-order valence-electron chi connectivity index (χ0n) is 9.97. The van der Waals surface area contributed by atoms with Gasteiger partial charge in [-0.2, -0.15) is 0 Å². The summed E-state index contributed by atoms with van der Waals surface area (Å²) in [5.41, 5.74) is 0.00477. The summed E-state index contributed by atoms with van der Waals surface area (Å²) in [5, 5.41) is 0. The van der Waals surface area contributed by atoms with E-state index in [4.69, 9.17) is 0 Å². The summed E-state index contributed by atoms with van der Waals surface area (Å²) in [6.07, 6.45) is 0.431. The van der Waals surface area contributed by atoms with Crippen LogP contribution in [-0.2, 0) is 21.1 Å². The largest absolute Gasteiger partial charge is 1.00 e. The summed E-state index contributed by atoms with van der Waals surface area (Å²) in [6.45, 7) is 1.70. The second-order valence-corrected chi connectivity index (χ2v) is 6.05. The van der Waals surface area contributed by atoms with E-state index in [1.165, 1.54) is 6.07 Å². The van der Waals surface area contributed by atoms with Crippen molar-refractivity contribution in [2.24, 2.45) is 0 Å². The van der Waals surface area contributed by atoms with Crippen molar-refractivity contribution in [3.63, 3.8) is 0 Å². The van der Waals surface area contributed by atoms with E-state index in [1.807, 2.05) is 0 Å². The SMILES string of the molecule is CCCS(=O)(=O)Nc1ccc(S(=O)[O-])c(F)c1.[Na+]. The summed E-state index contributed by atoms with van der Waals surface area (Å²) in [5.74, 6) is -1.07. The average Bonchev–Trinajstić information content (AvgIpc) is 2.15. The molecule has 0 aliphatic carbocycles. The number of hydrogen-bond donors (Lipinski definition) is 1. The quantitative estimate of drug-likeness (QED) is 0.515. The zero-order valence-corrected chi connectivity index (χ0v) is 13.6. The van der Waals surface area contributed by atoms with Crippen LogP contribution in [0.3, 0.4) is 0 Å². The van der Waals surface area contributed by atoms with E-state index in [-0.39, 0.29) is 41.0 Å². The summed E-state index contributed by atoms with van der Waals surface area (Å²) in [6, 6.07) is 3.03. The van der Waals surface area contributed by atoms with Crippen LogP contribution in [0.25, 0.3) is 0 Å². The number of rotatable bonds is 5. The number of anilines is 1. The monoisotopic (exact) mass is 303 g/mol. The van der Waals surface area contributed by atoms with E-state index in [0.717, 1.165) is 12.1 Å². The minimum atomic E-state index is -3.51. The number of benzene rings is 1. The third kappa shape index (κ3) is 5.33. The first-order chi connectivity index (χ1) is 7.85. The van der Waals surface area contributed by atoms with Crippen LogP contribution in [0.2, 0.25) is 0 Å². The van der Waals surface area contributed by atoms with Crippen LogP contribution in [0.15, 0.2) is 23.1 Å². The third-order valence-electron chi connectivity index (χ3n) is 1.86. The fraction of sp³-hybridized carbons (Fsp3) is 0.333. The summed E-state index contributed by atoms with van der Waals surface area (Å²) in [7, 11) is -3.51. The van der Waals surface area contributed by atoms with Crippen LogP contribution in [0.4, 0.5) is 10.1 Å². The topological polar surface area (TPSA) is 86.3 Å². The van der Waals surface area contributed by atoms with Crippen molar-refractivity contribution < 1.29 is 51.1 Å². The van der Waals surface area contributed by atoms with Crippen molar-refractivity contribution in [3.8, 4) is 0 Å². The molecular weight excluding hydrogens is 292 g/mol. The van der Waals surface area contributed by atoms with Gasteiger partial charge in [0.1, 0.15) is 5.82 Å². The molecule has 9 heteroatoms. The Balaban J connectivity index is 0.00000289. The maximum Gasteiger partial charge on any atom is 1.00 e. The molecule has 1 N–H and O–H groups in total. The summed E-state index contributed by atoms with van der Waals surface area (Å²) >= 11 is -2.68. The van der Waals surface area contributed by atoms with E-state index < -0.39 is 31.8 Å². The minimum Gasteiger partial charge on any atom is -0.768 e. The van der Waals surface area contributed by atoms with Gasteiger partial charge in [-0.05, 0) is 35.7 Å². The van der Waals surface area contributed by atoms with Gasteiger partial charge < -0.3 is 4.55 Å². The van der Waals surface area contributed by atoms with E-state index in [1.54, 1.807) is 6.92 Å². The van der Waals surface area contributed by atoms with Gasteiger partial charge in [-0.15, -0.1) is 0 Å². The molecule has 1 aromatic carbocycles. The van der Waals surface area contributed by atoms with Crippen molar-refractivity contribution in [2.75, 3.05) is 10.5 Å². The Morgan fingerprint density at radius 1 is 1.44 bits per heavy atom. The molecule has 0 saturated carbocycles. The van der Waals surface area contributed by atoms with Gasteiger partial charge in [-0.1, -0.05) is 6.92 Å². The summed E-state index contributed by atoms with van der Waals surface area (Å²) in [4.78, 5) is -0.497. The molecule has 0 bridgehead atoms. The van der Waals surface area contributed by atoms with E-state index in [9.17, 15) is 21.6 Å². The fourth-order valence-electron chi connectivity index (χ4n) is 1.20. The molecule has 1 atom stereocenters. The van der Waals surface area contributed by atoms with Crippen molar-refractivity contribution in [1.29, 1.82) is 0 Å². The van der Waals surface area contributed by atoms with Crippen LogP contribution in [0, 0.1) is 5.82 Å². The molecule has 1 unspecified atom stereocenters. The van der Waals surface area contributed by atoms with Gasteiger partial charge in [0.15, 0.2) is 0 Å². The van der Waals surface area contributed by atoms with Gasteiger partial charge in [0, 0.05) is 0 Å². The normalized spacial score (nSPS) is 12.6. The Morgan fingerprint density at radius 2 is 2.06 bits per heavy atom. The van der Waals surface area contributed by atoms with Gasteiger partial charge in [0.05, 0.1) is 16.3 Å². The molecule has 0 aliphatic rings. The van der Waals surface area contributed by atoms with Gasteiger partial charge in [-0.25, -0.2) is 12.8 Å². The molecule has 1 rings (SSSR count). The first-order valence-corrected chi connectivity index (χ1v) is 7.47. The predicted molar refractivity (Wildman–Crippen MR) is 61.3 cm³/mol. The van der Waals surface area contributed by atoms with E-state index in [0.29, 0.717) is 6.42 Å². The number of halogens is 1. The molecule has 0 aromatic heterocycles. The molecular formula is C9H11FNNaO4S2. The Bertz CT molecular complexity index is 535. The van der Waals surface area contributed by atoms with Crippen LogP contribution in [0.1, 0.15) is 13.3 Å². The number of sulfonamides is 1. The Hall–Kier alpha value is 0.01000. The molecule has 5 nitrogen and oxygen atoms in total. The average molecular weight is 303 g/mol. The Morgan fingerprint density at radius 3 is 2.50 bits per heavy atom. The smallest absolute Gasteiger partial charge is 0.768 e. The molecule has 18 heavy (non-hydrogen) atoms. The second-order valence-electron chi connectivity index (χ2n) is 3.30. The third-order valence-corrected chi connectivity index (χ3v) is 4.04. The molecule has 0 saturated heterocycles. The zero-order chi connectivity index (χ0) is 13.1. The van der Waals surface area contributed by atoms with Crippen molar-refractivity contribution in [2.45, 2.75) is 18.2 Å². The first kappa shape index (κ1) is 18.0. The molecule has 0 aliphatic heterocycles. The minimum absolute atomic E-state index is 0. The van der Waals surface area contributed by atoms with Crippen LogP contribution in [-0.4, -0.2) is 22.9 Å². The molecule has 0 radical (unpaired) electrons. The molecule has 0 amide bonds. The van der Waals surface area contributed by atoms with Crippen molar-refractivity contribution in [1.82, 2.24) is 0 Å². The maximum atomic E-state index is 13.2. The molecule has 1 aromatic rings. The van der Waals surface area contributed by atoms with Crippen molar-refractivity contribution >= 4 is 26.8 Å². The Kier molecular flexibility index (Phi) is 7.57. The van der Waals surface area contributed by atoms with Gasteiger partial charge >= 0.3 is 29.6 Å². The first-order valence-electron chi connectivity index (χ1n) is 4.75. The second kappa shape index (κ2) is 7.56. The number of hydrogen-bond acceptors (Lipinski definition) is 4. The predicted octanol–water partition coefficient (Wildman–Crippen LogP) is -1.78. The molecule has 0 fully saturated rings. The molecule has 0 spiro atoms. The number of nitrogens with one attached hydrogen (secondary N) is 1. The molecule has 0 heterocycles. The van der Waals surface area contributed by atoms with Crippen LogP contribution >= 0.6 is 0 Å². The maximum absolute atomic E-state index is 13.2. The van der Waals surface area contributed by atoms with Crippen LogP contribution in [0.5, 0.6) is 0 Å². The molecule has 96 valence electrons. The van der Waals surface area contributed by atoms with E-state index in [2.05, 4.69) is 4.72 Å². The standard InChI is InChI=1S/C9H12FNO4S2.Na/c1-2-5-17(14,15)11-7-3-4-9(16(12)13)8(10)6-7;/h3-4,6,11H,2,5H2,1H3,(H,12,13);/q;+1/p-1. The fourth-order valence-corrected chi connectivity index (χ4v) is 2.72. The van der Waals surface area contributed by atoms with Gasteiger partial charge in [-0.3, -0.25) is 8.93 Å². The van der Waals surface area contributed by atoms with Crippen LogP contribution < -0.4 is 34.3 Å².